The molecule has 3 unspecified atom stereocenters. The number of phosphoric ester groups is 2. The van der Waals surface area contributed by atoms with E-state index in [4.69, 9.17) is 29.0 Å². The van der Waals surface area contributed by atoms with E-state index < -0.39 is 89.8 Å². The minimum absolute atomic E-state index is 0.0100. The molecule has 0 saturated carbocycles. The number of ether oxygens (including phenoxy) is 3. The number of esters is 2. The van der Waals surface area contributed by atoms with Gasteiger partial charge in [0.2, 0.25) is 0 Å². The van der Waals surface area contributed by atoms with E-state index in [9.17, 15) is 48.6 Å². The highest BCUT2D eigenvalue weighted by Crippen LogP contribution is 2.60. The number of aliphatic hydroxyl groups excluding tert-OH is 3. The summed E-state index contributed by atoms with van der Waals surface area (Å²) in [7, 11) is -10.9. The smallest absolute Gasteiger partial charge is 0.462 e. The van der Waals surface area contributed by atoms with Crippen LogP contribution in [0.2, 0.25) is 0 Å². The predicted octanol–water partition coefficient (Wildman–Crippen LogP) is 9.41. The van der Waals surface area contributed by atoms with Gasteiger partial charge in [0.05, 0.1) is 19.3 Å². The summed E-state index contributed by atoms with van der Waals surface area (Å²) in [5, 5.41) is 30.8. The molecular formula is C52H81N3O16P2. The highest BCUT2D eigenvalue weighted by molar-refractivity contribution is 7.61. The van der Waals surface area contributed by atoms with Crippen LogP contribution in [0.5, 0.6) is 0 Å². The molecule has 1 fully saturated rings. The van der Waals surface area contributed by atoms with Crippen molar-refractivity contribution >= 4 is 33.4 Å². The fraction of sp³-hybridized carbons (Fsp3) is 0.577. The molecular weight excluding hydrogens is 985 g/mol. The quantitative estimate of drug-likeness (QED) is 0.0117. The first-order valence-corrected chi connectivity index (χ1v) is 28.3. The van der Waals surface area contributed by atoms with Gasteiger partial charge < -0.3 is 45.1 Å². The Balaban J connectivity index is 1.83. The summed E-state index contributed by atoms with van der Waals surface area (Å²) in [5.74, 6) is -1.41. The van der Waals surface area contributed by atoms with E-state index in [2.05, 4.69) is 77.0 Å². The molecule has 1 saturated heterocycles. The fourth-order valence-electron chi connectivity index (χ4n) is 6.84. The monoisotopic (exact) mass is 1070 g/mol. The van der Waals surface area contributed by atoms with Crippen molar-refractivity contribution < 1.29 is 71.4 Å². The molecule has 1 aliphatic heterocycles. The highest BCUT2D eigenvalue weighted by Gasteiger charge is 2.46. The Morgan fingerprint density at radius 3 is 1.92 bits per heavy atom. The van der Waals surface area contributed by atoms with E-state index >= 15 is 0 Å². The molecule has 8 atom stereocenters. The molecule has 0 aromatic carbocycles. The molecule has 19 nitrogen and oxygen atoms in total. The third kappa shape index (κ3) is 31.9. The number of phosphoric acid groups is 2. The van der Waals surface area contributed by atoms with Crippen LogP contribution in [-0.4, -0.2) is 96.9 Å². The molecule has 0 amide bonds. The van der Waals surface area contributed by atoms with E-state index in [1.165, 1.54) is 6.07 Å². The van der Waals surface area contributed by atoms with Crippen molar-refractivity contribution in [2.75, 3.05) is 25.6 Å². The molecule has 0 aliphatic carbocycles. The molecule has 0 spiro atoms. The topological polar surface area (TPSA) is 286 Å². The van der Waals surface area contributed by atoms with Gasteiger partial charge in [0.1, 0.15) is 30.7 Å². The molecule has 0 bridgehead atoms. The third-order valence-electron chi connectivity index (χ3n) is 10.7. The summed E-state index contributed by atoms with van der Waals surface area (Å²) >= 11 is 0. The van der Waals surface area contributed by atoms with E-state index in [-0.39, 0.29) is 18.7 Å². The highest BCUT2D eigenvalue weighted by atomic mass is 31.3. The van der Waals surface area contributed by atoms with Gasteiger partial charge in [-0.15, -0.1) is 0 Å². The van der Waals surface area contributed by atoms with E-state index in [0.29, 0.717) is 19.3 Å². The summed E-state index contributed by atoms with van der Waals surface area (Å²) in [4.78, 5) is 61.9. The first-order chi connectivity index (χ1) is 35.1. The van der Waals surface area contributed by atoms with E-state index in [1.54, 1.807) is 6.08 Å². The van der Waals surface area contributed by atoms with Crippen LogP contribution < -0.4 is 11.4 Å². The second kappa shape index (κ2) is 39.1. The van der Waals surface area contributed by atoms with Crippen molar-refractivity contribution in [2.24, 2.45) is 0 Å². The van der Waals surface area contributed by atoms with Crippen molar-refractivity contribution in [1.29, 1.82) is 0 Å². The molecule has 7 N–H and O–H groups in total. The molecule has 1 aromatic rings. The van der Waals surface area contributed by atoms with Crippen LogP contribution in [0.25, 0.3) is 0 Å². The molecule has 21 heteroatoms. The number of unbranched alkanes of at least 4 members (excludes halogenated alkanes) is 8. The van der Waals surface area contributed by atoms with Gasteiger partial charge in [0.15, 0.2) is 12.3 Å². The standard InChI is InChI=1S/C52H81N3O16P2/c1-3-5-7-8-9-10-11-12-13-14-15-16-17-18-19-22-25-28-32-36-47(57)66-40-44(69-48(58)37-33-29-26-23-20-21-24-27-31-35-43(56)34-30-6-4-2)41-67-72(62,63)71-73(64,65)68-42-45-49(59)50(60)51(70-45)55-39-38-46(53)54-52(55)61/h5-7,9-10,12-13,15-16,18-19,24,27,30-31,35,38-39,43-45,49-51,56,59-60H,3-4,8,11,14,17,20-23,25-26,28-29,32-34,36-37,40-42H2,1-2H3,(H,62,63)(H,64,65)(H2,53,54,61)/b7-5-,10-9-,13-12-,16-15-,19-18-,27-24+,30-6+,35-31+/t43?,44-,45-,49-,50-,51-/m1/s1. The number of nitrogens with zero attached hydrogens (tertiary/aromatic N) is 2. The van der Waals surface area contributed by atoms with E-state index in [0.717, 1.165) is 101 Å². The Morgan fingerprint density at radius 1 is 0.726 bits per heavy atom. The number of aliphatic hydroxyl groups is 3. The lowest BCUT2D eigenvalue weighted by atomic mass is 10.1. The Labute approximate surface area is 431 Å². The summed E-state index contributed by atoms with van der Waals surface area (Å²) in [5.41, 5.74) is 4.57. The first kappa shape index (κ1) is 64.8. The minimum Gasteiger partial charge on any atom is -0.462 e. The lowest BCUT2D eigenvalue weighted by Crippen LogP contribution is -2.36. The van der Waals surface area contributed by atoms with Gasteiger partial charge in [0.25, 0.3) is 0 Å². The number of anilines is 1. The molecule has 73 heavy (non-hydrogen) atoms. The molecule has 1 aliphatic rings. The molecule has 2 heterocycles. The van der Waals surface area contributed by atoms with Crippen molar-refractivity contribution in [2.45, 2.75) is 173 Å². The Kier molecular flexibility index (Phi) is 34.7. The Morgan fingerprint density at radius 2 is 1.27 bits per heavy atom. The summed E-state index contributed by atoms with van der Waals surface area (Å²) < 4.78 is 56.7. The zero-order valence-electron chi connectivity index (χ0n) is 42.5. The number of aromatic nitrogens is 2. The van der Waals surface area contributed by atoms with Gasteiger partial charge in [-0.2, -0.15) is 9.29 Å². The first-order valence-electron chi connectivity index (χ1n) is 25.4. The van der Waals surface area contributed by atoms with Crippen molar-refractivity contribution in [3.63, 3.8) is 0 Å². The number of rotatable bonds is 40. The second-order valence-corrected chi connectivity index (χ2v) is 20.1. The summed E-state index contributed by atoms with van der Waals surface area (Å²) in [6.07, 6.45) is 39.6. The van der Waals surface area contributed by atoms with Crippen molar-refractivity contribution in [3.8, 4) is 0 Å². The minimum atomic E-state index is -5.45. The second-order valence-electron chi connectivity index (χ2n) is 17.1. The number of nitrogen functional groups attached to an aromatic ring is 1. The van der Waals surface area contributed by atoms with Crippen LogP contribution in [0.1, 0.15) is 142 Å². The maximum Gasteiger partial charge on any atom is 0.481 e. The van der Waals surface area contributed by atoms with Crippen LogP contribution in [0.3, 0.4) is 0 Å². The fourth-order valence-corrected chi connectivity index (χ4v) is 8.95. The largest absolute Gasteiger partial charge is 0.481 e. The average Bonchev–Trinajstić information content (AvgIpc) is 3.62. The van der Waals surface area contributed by atoms with Crippen LogP contribution in [0.4, 0.5) is 5.82 Å². The van der Waals surface area contributed by atoms with Gasteiger partial charge in [-0.1, -0.05) is 137 Å². The maximum atomic E-state index is 12.9. The molecule has 410 valence electrons. The van der Waals surface area contributed by atoms with Crippen molar-refractivity contribution in [1.82, 2.24) is 9.55 Å². The number of nitrogens with two attached hydrogens (primary N) is 1. The van der Waals surface area contributed by atoms with Gasteiger partial charge in [-0.05, 0) is 89.5 Å². The summed E-state index contributed by atoms with van der Waals surface area (Å²) in [6, 6.07) is 1.24. The van der Waals surface area contributed by atoms with Gasteiger partial charge in [-0.3, -0.25) is 23.2 Å². The molecule has 2 rings (SSSR count). The summed E-state index contributed by atoms with van der Waals surface area (Å²) in [6.45, 7) is 1.75. The number of carbonyl (C=O) groups is 2. The third-order valence-corrected chi connectivity index (χ3v) is 13.3. The van der Waals surface area contributed by atoms with Crippen LogP contribution in [0, 0.1) is 0 Å². The van der Waals surface area contributed by atoms with E-state index in [1.807, 2.05) is 37.3 Å². The number of carbonyl (C=O) groups excluding carboxylic acids is 2. The molecule has 0 radical (unpaired) electrons. The SMILES string of the molecule is CC/C=C\C/C=C\C/C=C\C/C=C\C/C=C\CCCCCC(=O)OC[C@H](COP(=O)(O)OP(=O)(O)OC[C@H]1O[C@@H](n2ccc(N)nc2=O)[C@H](O)[C@@H]1O)OC(=O)CCCCCCC/C=C/C=C/C(O)C/C=C/CC. The predicted molar refractivity (Wildman–Crippen MR) is 281 cm³/mol. The number of allylic oxidation sites excluding steroid dienone is 14. The lowest BCUT2D eigenvalue weighted by molar-refractivity contribution is -0.161. The Hall–Kier alpha value is -4.36. The maximum absolute atomic E-state index is 12.9. The van der Waals surface area contributed by atoms with Crippen LogP contribution in [0.15, 0.2) is 114 Å². The van der Waals surface area contributed by atoms with Gasteiger partial charge in [0, 0.05) is 19.0 Å². The van der Waals surface area contributed by atoms with Crippen molar-refractivity contribution in [3.05, 3.63) is 120 Å². The van der Waals surface area contributed by atoms with Crippen LogP contribution >= 0.6 is 15.6 Å². The molecule has 1 aromatic heterocycles. The normalized spacial score (nSPS) is 20.2. The Bertz CT molecular complexity index is 2120. The number of hydrogen-bond donors (Lipinski definition) is 6. The van der Waals surface area contributed by atoms with Gasteiger partial charge in [-0.25, -0.2) is 13.9 Å². The van der Waals surface area contributed by atoms with Gasteiger partial charge >= 0.3 is 33.3 Å². The average molecular weight is 1070 g/mol. The van der Waals surface area contributed by atoms with Crippen LogP contribution in [-0.2, 0) is 46.3 Å². The number of hydrogen-bond acceptors (Lipinski definition) is 16. The lowest BCUT2D eigenvalue weighted by Gasteiger charge is -2.21. The zero-order chi connectivity index (χ0) is 53.6. The zero-order valence-corrected chi connectivity index (χ0v) is 44.3.